The third kappa shape index (κ3) is 3.10. The number of carbonyl (C=O) groups is 1. The van der Waals surface area contributed by atoms with Crippen LogP contribution in [0.2, 0.25) is 10.0 Å². The van der Waals surface area contributed by atoms with Gasteiger partial charge in [-0.3, -0.25) is 0 Å². The molecule has 0 unspecified atom stereocenters. The van der Waals surface area contributed by atoms with Crippen LogP contribution in [-0.4, -0.2) is 16.1 Å². The van der Waals surface area contributed by atoms with Gasteiger partial charge in [0.15, 0.2) is 5.69 Å². The van der Waals surface area contributed by atoms with Gasteiger partial charge >= 0.3 is 12.1 Å². The van der Waals surface area contributed by atoms with Crippen LogP contribution in [-0.2, 0) is 6.18 Å². The molecule has 2 rings (SSSR count). The number of halogens is 5. The minimum Gasteiger partial charge on any atom is -0.477 e. The molecule has 1 aromatic heterocycles. The molecule has 1 aromatic carbocycles. The molecule has 1 heterocycles. The van der Waals surface area contributed by atoms with E-state index in [9.17, 15) is 18.0 Å². The molecule has 3 N–H and O–H groups in total. The average Bonchev–Trinajstić information content (AvgIpc) is 2.39. The van der Waals surface area contributed by atoms with Crippen molar-refractivity contribution in [3.63, 3.8) is 0 Å². The molecule has 4 nitrogen and oxygen atoms in total. The maximum Gasteiger partial charge on any atom is 0.417 e. The van der Waals surface area contributed by atoms with Crippen LogP contribution < -0.4 is 5.73 Å². The zero-order chi connectivity index (χ0) is 16.7. The smallest absolute Gasteiger partial charge is 0.417 e. The Morgan fingerprint density at radius 2 is 1.86 bits per heavy atom. The van der Waals surface area contributed by atoms with Gasteiger partial charge in [-0.25, -0.2) is 9.78 Å². The molecule has 0 spiro atoms. The number of nitrogen functional groups attached to an aromatic ring is 1. The van der Waals surface area contributed by atoms with Crippen molar-refractivity contribution >= 4 is 34.9 Å². The summed E-state index contributed by atoms with van der Waals surface area (Å²) in [5.41, 5.74) is 4.19. The summed E-state index contributed by atoms with van der Waals surface area (Å²) in [7, 11) is 0. The number of aromatic nitrogens is 1. The van der Waals surface area contributed by atoms with E-state index in [-0.39, 0.29) is 27.7 Å². The van der Waals surface area contributed by atoms with Crippen LogP contribution in [0.4, 0.5) is 18.9 Å². The van der Waals surface area contributed by atoms with Gasteiger partial charge in [-0.2, -0.15) is 13.2 Å². The minimum absolute atomic E-state index is 0.0555. The first-order chi connectivity index (χ1) is 10.1. The molecule has 0 atom stereocenters. The molecule has 0 saturated heterocycles. The molecule has 0 bridgehead atoms. The third-order valence-electron chi connectivity index (χ3n) is 2.75. The molecular weight excluding hydrogens is 344 g/mol. The summed E-state index contributed by atoms with van der Waals surface area (Å²) in [5.74, 6) is -1.34. The Labute approximate surface area is 132 Å². The predicted octanol–water partition coefficient (Wildman–Crippen LogP) is 4.35. The Kier molecular flexibility index (Phi) is 4.21. The number of hydrogen-bond donors (Lipinski definition) is 2. The van der Waals surface area contributed by atoms with Crippen LogP contribution >= 0.6 is 23.2 Å². The molecule has 0 aliphatic heterocycles. The summed E-state index contributed by atoms with van der Waals surface area (Å²) < 4.78 is 38.0. The monoisotopic (exact) mass is 350 g/mol. The SMILES string of the molecule is Nc1cc(C(=O)O)nc(-c2ccc(C(F)(F)F)c(Cl)c2)c1Cl. The number of nitrogens with zero attached hydrogens (tertiary/aromatic N) is 1. The second-order valence-corrected chi connectivity index (χ2v) is 5.04. The molecule has 0 amide bonds. The fraction of sp³-hybridized carbons (Fsp3) is 0.0769. The van der Waals surface area contributed by atoms with Crippen molar-refractivity contribution in [2.24, 2.45) is 0 Å². The van der Waals surface area contributed by atoms with E-state index in [1.165, 1.54) is 0 Å². The molecule has 0 aliphatic rings. The fourth-order valence-electron chi connectivity index (χ4n) is 1.74. The normalized spacial score (nSPS) is 11.5. The van der Waals surface area contributed by atoms with Crippen molar-refractivity contribution < 1.29 is 23.1 Å². The fourth-order valence-corrected chi connectivity index (χ4v) is 2.24. The summed E-state index contributed by atoms with van der Waals surface area (Å²) in [5, 5.41) is 8.32. The highest BCUT2D eigenvalue weighted by Gasteiger charge is 2.33. The highest BCUT2D eigenvalue weighted by Crippen LogP contribution is 2.38. The topological polar surface area (TPSA) is 76.2 Å². The lowest BCUT2D eigenvalue weighted by Crippen LogP contribution is -2.07. The Morgan fingerprint density at radius 1 is 1.23 bits per heavy atom. The number of nitrogens with two attached hydrogens (primary N) is 1. The van der Waals surface area contributed by atoms with Crippen LogP contribution in [0.1, 0.15) is 16.1 Å². The molecule has 116 valence electrons. The molecule has 9 heteroatoms. The lowest BCUT2D eigenvalue weighted by molar-refractivity contribution is -0.137. The van der Waals surface area contributed by atoms with Crippen molar-refractivity contribution in [3.05, 3.63) is 45.6 Å². The van der Waals surface area contributed by atoms with Gasteiger partial charge in [0, 0.05) is 5.56 Å². The maximum atomic E-state index is 12.7. The zero-order valence-corrected chi connectivity index (χ0v) is 12.1. The van der Waals surface area contributed by atoms with Crippen LogP contribution in [0.25, 0.3) is 11.3 Å². The first-order valence-corrected chi connectivity index (χ1v) is 6.43. The Balaban J connectivity index is 2.62. The number of benzene rings is 1. The lowest BCUT2D eigenvalue weighted by atomic mass is 10.1. The van der Waals surface area contributed by atoms with Crippen molar-refractivity contribution in [2.45, 2.75) is 6.18 Å². The molecule has 0 aliphatic carbocycles. The summed E-state index contributed by atoms with van der Waals surface area (Å²) in [6.07, 6.45) is -4.60. The van der Waals surface area contributed by atoms with E-state index in [0.717, 1.165) is 24.3 Å². The summed E-state index contributed by atoms with van der Waals surface area (Å²) >= 11 is 11.6. The third-order valence-corrected chi connectivity index (χ3v) is 3.46. The van der Waals surface area contributed by atoms with Crippen molar-refractivity contribution in [3.8, 4) is 11.3 Å². The van der Waals surface area contributed by atoms with Gasteiger partial charge in [0.05, 0.1) is 27.0 Å². The van der Waals surface area contributed by atoms with Gasteiger partial charge in [-0.1, -0.05) is 29.3 Å². The number of carboxylic acids is 1. The second kappa shape index (κ2) is 5.66. The molecule has 0 radical (unpaired) electrons. The predicted molar refractivity (Wildman–Crippen MR) is 76.1 cm³/mol. The van der Waals surface area contributed by atoms with Gasteiger partial charge in [-0.05, 0) is 18.2 Å². The van der Waals surface area contributed by atoms with Gasteiger partial charge < -0.3 is 10.8 Å². The summed E-state index contributed by atoms with van der Waals surface area (Å²) in [4.78, 5) is 14.7. The number of alkyl halides is 3. The quantitative estimate of drug-likeness (QED) is 0.843. The summed E-state index contributed by atoms with van der Waals surface area (Å²) in [6, 6.07) is 3.91. The second-order valence-electron chi connectivity index (χ2n) is 4.26. The van der Waals surface area contributed by atoms with E-state index in [1.54, 1.807) is 0 Å². The Morgan fingerprint density at radius 3 is 2.36 bits per heavy atom. The van der Waals surface area contributed by atoms with Crippen molar-refractivity contribution in [1.29, 1.82) is 0 Å². The number of anilines is 1. The van der Waals surface area contributed by atoms with Gasteiger partial charge in [-0.15, -0.1) is 0 Å². The first-order valence-electron chi connectivity index (χ1n) is 5.67. The number of aromatic carboxylic acids is 1. The van der Waals surface area contributed by atoms with E-state index in [2.05, 4.69) is 4.98 Å². The van der Waals surface area contributed by atoms with Crippen molar-refractivity contribution in [1.82, 2.24) is 4.98 Å². The lowest BCUT2D eigenvalue weighted by Gasteiger charge is -2.12. The van der Waals surface area contributed by atoms with E-state index in [4.69, 9.17) is 34.0 Å². The first kappa shape index (κ1) is 16.4. The number of pyridine rings is 1. The van der Waals surface area contributed by atoms with Crippen LogP contribution in [0.15, 0.2) is 24.3 Å². The number of hydrogen-bond acceptors (Lipinski definition) is 3. The van der Waals surface area contributed by atoms with E-state index >= 15 is 0 Å². The average molecular weight is 351 g/mol. The highest BCUT2D eigenvalue weighted by molar-refractivity contribution is 6.36. The highest BCUT2D eigenvalue weighted by atomic mass is 35.5. The van der Waals surface area contributed by atoms with Crippen molar-refractivity contribution in [2.75, 3.05) is 5.73 Å². The Hall–Kier alpha value is -1.99. The van der Waals surface area contributed by atoms with Gasteiger partial charge in [0.25, 0.3) is 0 Å². The number of rotatable bonds is 2. The van der Waals surface area contributed by atoms with E-state index in [1.807, 2.05) is 0 Å². The summed E-state index contributed by atoms with van der Waals surface area (Å²) in [6.45, 7) is 0. The van der Waals surface area contributed by atoms with Crippen LogP contribution in [0.3, 0.4) is 0 Å². The van der Waals surface area contributed by atoms with Gasteiger partial charge in [0.2, 0.25) is 0 Å². The molecular formula is C13H7Cl2F3N2O2. The molecule has 2 aromatic rings. The molecule has 22 heavy (non-hydrogen) atoms. The van der Waals surface area contributed by atoms with Crippen LogP contribution in [0, 0.1) is 0 Å². The van der Waals surface area contributed by atoms with Crippen LogP contribution in [0.5, 0.6) is 0 Å². The van der Waals surface area contributed by atoms with E-state index in [0.29, 0.717) is 0 Å². The molecule has 0 saturated carbocycles. The van der Waals surface area contributed by atoms with E-state index < -0.39 is 22.7 Å². The standard InChI is InChI=1S/C13H7Cl2F3N2O2/c14-7-3-5(1-2-6(7)13(16,17)18)11-10(15)8(19)4-9(20-11)12(21)22/h1-4H,(H2,19,20)(H,21,22). The van der Waals surface area contributed by atoms with Gasteiger partial charge in [0.1, 0.15) is 0 Å². The largest absolute Gasteiger partial charge is 0.477 e. The Bertz CT molecular complexity index is 764. The molecule has 0 fully saturated rings. The zero-order valence-electron chi connectivity index (χ0n) is 10.6. The number of carboxylic acid groups (broad SMARTS) is 1. The maximum absolute atomic E-state index is 12.7. The minimum atomic E-state index is -4.60.